The van der Waals surface area contributed by atoms with Gasteiger partial charge in [0.05, 0.1) is 6.10 Å². The Labute approximate surface area is 126 Å². The summed E-state index contributed by atoms with van der Waals surface area (Å²) in [5.74, 6) is 0.0816. The number of hydrogen-bond acceptors (Lipinski definition) is 2. The lowest BCUT2D eigenvalue weighted by Gasteiger charge is -2.30. The van der Waals surface area contributed by atoms with Gasteiger partial charge in [0, 0.05) is 26.3 Å². The Morgan fingerprint density at radius 3 is 2.48 bits per heavy atom. The molecule has 0 spiro atoms. The van der Waals surface area contributed by atoms with Crippen LogP contribution in [0.2, 0.25) is 0 Å². The third kappa shape index (κ3) is 4.87. The van der Waals surface area contributed by atoms with E-state index < -0.39 is 0 Å². The first-order valence-corrected chi connectivity index (χ1v) is 7.42. The van der Waals surface area contributed by atoms with E-state index in [0.29, 0.717) is 6.10 Å². The predicted molar refractivity (Wildman–Crippen MR) is 86.0 cm³/mol. The Morgan fingerprint density at radius 2 is 1.86 bits per heavy atom. The molecule has 0 atom stereocenters. The Hall–Kier alpha value is -1.87. The van der Waals surface area contributed by atoms with Crippen LogP contribution in [0.4, 0.5) is 0 Å². The van der Waals surface area contributed by atoms with Crippen LogP contribution in [0.15, 0.2) is 42.5 Å². The molecule has 1 aliphatic rings. The van der Waals surface area contributed by atoms with Crippen LogP contribution in [0.3, 0.4) is 0 Å². The minimum Gasteiger partial charge on any atom is -0.381 e. The van der Waals surface area contributed by atoms with Crippen molar-refractivity contribution in [2.45, 2.75) is 25.9 Å². The van der Waals surface area contributed by atoms with E-state index in [1.807, 2.05) is 23.1 Å². The number of allylic oxidation sites excluding steroid dienone is 2. The first kappa shape index (κ1) is 15.5. The van der Waals surface area contributed by atoms with E-state index in [-0.39, 0.29) is 5.91 Å². The predicted octanol–water partition coefficient (Wildman–Crippen LogP) is 3.20. The molecule has 1 fully saturated rings. The van der Waals surface area contributed by atoms with E-state index >= 15 is 0 Å². The number of rotatable bonds is 4. The Bertz CT molecular complexity index is 509. The van der Waals surface area contributed by atoms with E-state index in [0.717, 1.165) is 31.5 Å². The van der Waals surface area contributed by atoms with Crippen molar-refractivity contribution >= 4 is 12.0 Å². The summed E-state index contributed by atoms with van der Waals surface area (Å²) in [4.78, 5) is 13.9. The van der Waals surface area contributed by atoms with Crippen LogP contribution in [0.5, 0.6) is 0 Å². The molecule has 1 amide bonds. The summed E-state index contributed by atoms with van der Waals surface area (Å²) in [6.07, 6.45) is 9.51. The molecule has 21 heavy (non-hydrogen) atoms. The first-order chi connectivity index (χ1) is 10.2. The number of benzene rings is 1. The van der Waals surface area contributed by atoms with Crippen LogP contribution in [-0.2, 0) is 9.53 Å². The second-order valence-electron chi connectivity index (χ2n) is 5.39. The van der Waals surface area contributed by atoms with E-state index in [4.69, 9.17) is 4.74 Å². The molecule has 0 saturated carbocycles. The highest BCUT2D eigenvalue weighted by Crippen LogP contribution is 2.13. The number of aryl methyl sites for hydroxylation is 1. The number of carbonyl (C=O) groups is 1. The van der Waals surface area contributed by atoms with Gasteiger partial charge in [-0.3, -0.25) is 4.79 Å². The van der Waals surface area contributed by atoms with Gasteiger partial charge in [0.1, 0.15) is 0 Å². The summed E-state index contributed by atoms with van der Waals surface area (Å²) in [7, 11) is 1.73. The zero-order valence-corrected chi connectivity index (χ0v) is 12.8. The molecule has 0 aromatic heterocycles. The number of hydrogen-bond donors (Lipinski definition) is 0. The summed E-state index contributed by atoms with van der Waals surface area (Å²) < 4.78 is 5.31. The number of ether oxygens (including phenoxy) is 1. The zero-order valence-electron chi connectivity index (χ0n) is 12.8. The second kappa shape index (κ2) is 7.79. The van der Waals surface area contributed by atoms with Crippen LogP contribution >= 0.6 is 0 Å². The van der Waals surface area contributed by atoms with Crippen molar-refractivity contribution in [3.05, 3.63) is 53.6 Å². The van der Waals surface area contributed by atoms with Crippen molar-refractivity contribution in [2.75, 3.05) is 20.2 Å². The lowest BCUT2D eigenvalue weighted by molar-refractivity contribution is -0.128. The van der Waals surface area contributed by atoms with E-state index in [2.05, 4.69) is 31.2 Å². The topological polar surface area (TPSA) is 29.5 Å². The summed E-state index contributed by atoms with van der Waals surface area (Å²) in [5.41, 5.74) is 2.39. The van der Waals surface area contributed by atoms with Crippen molar-refractivity contribution in [1.29, 1.82) is 0 Å². The zero-order chi connectivity index (χ0) is 15.1. The monoisotopic (exact) mass is 285 g/mol. The minimum atomic E-state index is 0.0816. The minimum absolute atomic E-state index is 0.0816. The number of nitrogens with zero attached hydrogens (tertiary/aromatic N) is 1. The normalized spacial score (nSPS) is 17.0. The van der Waals surface area contributed by atoms with Crippen molar-refractivity contribution in [1.82, 2.24) is 4.90 Å². The molecule has 1 heterocycles. The SMILES string of the molecule is COC1CCN(C(=O)/C=C/C=C/c2ccc(C)cc2)CC1. The Balaban J connectivity index is 1.81. The highest BCUT2D eigenvalue weighted by Gasteiger charge is 2.20. The smallest absolute Gasteiger partial charge is 0.246 e. The lowest BCUT2D eigenvalue weighted by atomic mass is 10.1. The van der Waals surface area contributed by atoms with Crippen LogP contribution in [0.25, 0.3) is 6.08 Å². The maximum atomic E-state index is 12.0. The average Bonchev–Trinajstić information content (AvgIpc) is 2.53. The number of amides is 1. The van der Waals surface area contributed by atoms with Gasteiger partial charge in [-0.15, -0.1) is 0 Å². The highest BCUT2D eigenvalue weighted by atomic mass is 16.5. The fourth-order valence-electron chi connectivity index (χ4n) is 2.40. The van der Waals surface area contributed by atoms with E-state index in [1.165, 1.54) is 5.56 Å². The van der Waals surface area contributed by atoms with Gasteiger partial charge in [-0.05, 0) is 25.3 Å². The molecule has 1 saturated heterocycles. The summed E-state index contributed by atoms with van der Waals surface area (Å²) in [6.45, 7) is 3.63. The van der Waals surface area contributed by atoms with Crippen molar-refractivity contribution in [2.24, 2.45) is 0 Å². The van der Waals surface area contributed by atoms with Gasteiger partial charge in [-0.25, -0.2) is 0 Å². The van der Waals surface area contributed by atoms with Crippen LogP contribution < -0.4 is 0 Å². The standard InChI is InChI=1S/C18H23NO2/c1-15-7-9-16(10-8-15)5-3-4-6-18(20)19-13-11-17(21-2)12-14-19/h3-10,17H,11-14H2,1-2H3/b5-3+,6-4+. The molecule has 0 radical (unpaired) electrons. The van der Waals surface area contributed by atoms with Gasteiger partial charge >= 0.3 is 0 Å². The van der Waals surface area contributed by atoms with Gasteiger partial charge in [-0.1, -0.05) is 48.1 Å². The fraction of sp³-hybridized carbons (Fsp3) is 0.389. The highest BCUT2D eigenvalue weighted by molar-refractivity contribution is 5.88. The van der Waals surface area contributed by atoms with E-state index in [9.17, 15) is 4.79 Å². The second-order valence-corrected chi connectivity index (χ2v) is 5.39. The van der Waals surface area contributed by atoms with Crippen LogP contribution in [0.1, 0.15) is 24.0 Å². The third-order valence-electron chi connectivity index (χ3n) is 3.80. The molecule has 2 rings (SSSR count). The Kier molecular flexibility index (Phi) is 5.76. The molecule has 0 unspecified atom stereocenters. The molecular formula is C18H23NO2. The van der Waals surface area contributed by atoms with Gasteiger partial charge < -0.3 is 9.64 Å². The molecule has 1 aliphatic heterocycles. The molecule has 0 N–H and O–H groups in total. The maximum Gasteiger partial charge on any atom is 0.246 e. The average molecular weight is 285 g/mol. The third-order valence-corrected chi connectivity index (χ3v) is 3.80. The molecule has 1 aromatic carbocycles. The largest absolute Gasteiger partial charge is 0.381 e. The summed E-state index contributed by atoms with van der Waals surface area (Å²) >= 11 is 0. The number of likely N-dealkylation sites (tertiary alicyclic amines) is 1. The van der Waals surface area contributed by atoms with Crippen LogP contribution in [0, 0.1) is 6.92 Å². The van der Waals surface area contributed by atoms with Gasteiger partial charge in [0.25, 0.3) is 0 Å². The summed E-state index contributed by atoms with van der Waals surface area (Å²) in [6, 6.07) is 8.29. The van der Waals surface area contributed by atoms with Crippen LogP contribution in [-0.4, -0.2) is 37.1 Å². The molecule has 3 nitrogen and oxygen atoms in total. The quantitative estimate of drug-likeness (QED) is 0.628. The van der Waals surface area contributed by atoms with Crippen molar-refractivity contribution in [3.63, 3.8) is 0 Å². The number of methoxy groups -OCH3 is 1. The molecule has 1 aromatic rings. The Morgan fingerprint density at radius 1 is 1.19 bits per heavy atom. The molecular weight excluding hydrogens is 262 g/mol. The van der Waals surface area contributed by atoms with Crippen molar-refractivity contribution in [3.8, 4) is 0 Å². The van der Waals surface area contributed by atoms with Gasteiger partial charge in [0.2, 0.25) is 5.91 Å². The molecule has 3 heteroatoms. The number of piperidine rings is 1. The fourth-order valence-corrected chi connectivity index (χ4v) is 2.40. The van der Waals surface area contributed by atoms with Gasteiger partial charge in [-0.2, -0.15) is 0 Å². The summed E-state index contributed by atoms with van der Waals surface area (Å²) in [5, 5.41) is 0. The van der Waals surface area contributed by atoms with Gasteiger partial charge in [0.15, 0.2) is 0 Å². The molecule has 0 aliphatic carbocycles. The van der Waals surface area contributed by atoms with Crippen molar-refractivity contribution < 1.29 is 9.53 Å². The lowest BCUT2D eigenvalue weighted by Crippen LogP contribution is -2.39. The number of carbonyl (C=O) groups excluding carboxylic acids is 1. The molecule has 112 valence electrons. The van der Waals surface area contributed by atoms with E-state index in [1.54, 1.807) is 13.2 Å². The first-order valence-electron chi connectivity index (χ1n) is 7.42. The molecule has 0 bridgehead atoms. The maximum absolute atomic E-state index is 12.0.